The van der Waals surface area contributed by atoms with E-state index >= 15 is 0 Å². The number of carbonyl (C=O) groups is 1. The number of nitrogens with one attached hydrogen (secondary N) is 1. The highest BCUT2D eigenvalue weighted by Gasteiger charge is 2.14. The van der Waals surface area contributed by atoms with Gasteiger partial charge in [0.1, 0.15) is 17.8 Å². The summed E-state index contributed by atoms with van der Waals surface area (Å²) in [6, 6.07) is 1.54. The zero-order chi connectivity index (χ0) is 17.7. The normalized spacial score (nSPS) is 10.6. The van der Waals surface area contributed by atoms with Crippen LogP contribution in [0.1, 0.15) is 13.8 Å². The van der Waals surface area contributed by atoms with Gasteiger partial charge < -0.3 is 5.32 Å². The molecule has 9 heteroatoms. The number of halogens is 2. The number of likely N-dealkylation sites (N-methyl/N-ethyl adjacent to an activating group) is 1. The number of nitrogens with zero attached hydrogens (tertiary/aromatic N) is 4. The summed E-state index contributed by atoms with van der Waals surface area (Å²) in [5.41, 5.74) is 1.94. The van der Waals surface area contributed by atoms with Crippen LogP contribution in [0.2, 0.25) is 0 Å². The number of aromatic nitrogens is 3. The Labute approximate surface area is 142 Å². The lowest BCUT2D eigenvalue weighted by molar-refractivity contribution is -0.113. The van der Waals surface area contributed by atoms with E-state index in [0.29, 0.717) is 22.3 Å². The van der Waals surface area contributed by atoms with Gasteiger partial charge in [-0.3, -0.25) is 9.69 Å². The van der Waals surface area contributed by atoms with Crippen LogP contribution in [0.25, 0.3) is 11.4 Å². The van der Waals surface area contributed by atoms with Crippen LogP contribution in [0, 0.1) is 0 Å². The van der Waals surface area contributed by atoms with E-state index in [4.69, 9.17) is 0 Å². The smallest absolute Gasteiger partial charge is 0.255 e. The minimum atomic E-state index is -2.47. The number of allylic oxidation sites excluding steroid dienone is 1. The molecule has 0 aliphatic carbocycles. The van der Waals surface area contributed by atoms with Gasteiger partial charge >= 0.3 is 0 Å². The summed E-state index contributed by atoms with van der Waals surface area (Å²) in [4.78, 5) is 25.8. The van der Waals surface area contributed by atoms with Crippen molar-refractivity contribution in [2.75, 3.05) is 23.8 Å². The Balaban J connectivity index is 2.17. The maximum Gasteiger partial charge on any atom is 0.255 e. The van der Waals surface area contributed by atoms with E-state index in [-0.39, 0.29) is 5.91 Å². The topological polar surface area (TPSA) is 71.0 Å². The maximum atomic E-state index is 12.2. The third-order valence-electron chi connectivity index (χ3n) is 2.89. The first kappa shape index (κ1) is 17.9. The van der Waals surface area contributed by atoms with Crippen molar-refractivity contribution in [3.05, 3.63) is 29.4 Å². The summed E-state index contributed by atoms with van der Waals surface area (Å²) in [5.74, 6) is 0.127. The van der Waals surface area contributed by atoms with Crippen LogP contribution < -0.4 is 10.2 Å². The molecular formula is C15H17F2N5OS. The lowest BCUT2D eigenvalue weighted by Crippen LogP contribution is -2.24. The molecule has 0 atom stereocenters. The Morgan fingerprint density at radius 2 is 2.12 bits per heavy atom. The van der Waals surface area contributed by atoms with Crippen LogP contribution in [0.15, 0.2) is 29.4 Å². The molecular weight excluding hydrogens is 336 g/mol. The van der Waals surface area contributed by atoms with E-state index in [1.165, 1.54) is 28.6 Å². The van der Waals surface area contributed by atoms with Crippen molar-refractivity contribution in [2.24, 2.45) is 0 Å². The molecule has 2 aromatic rings. The number of hydrogen-bond acceptors (Lipinski definition) is 6. The lowest BCUT2D eigenvalue weighted by atomic mass is 10.3. The van der Waals surface area contributed by atoms with Crippen LogP contribution >= 0.6 is 11.3 Å². The van der Waals surface area contributed by atoms with Crippen molar-refractivity contribution in [2.45, 2.75) is 20.3 Å². The Kier molecular flexibility index (Phi) is 5.91. The SMILES string of the molecule is CC(C)=CC(=O)N(C)c1nc(-c2cc(NCC(F)F)ncn2)cs1. The van der Waals surface area contributed by atoms with E-state index in [1.807, 2.05) is 13.8 Å². The van der Waals surface area contributed by atoms with Crippen molar-refractivity contribution < 1.29 is 13.6 Å². The lowest BCUT2D eigenvalue weighted by Gasteiger charge is -2.11. The fraction of sp³-hybridized carbons (Fsp3) is 0.333. The number of alkyl halides is 2. The first-order valence-corrected chi connectivity index (χ1v) is 7.97. The summed E-state index contributed by atoms with van der Waals surface area (Å²) < 4.78 is 24.5. The molecule has 0 aliphatic heterocycles. The zero-order valence-electron chi connectivity index (χ0n) is 13.5. The zero-order valence-corrected chi connectivity index (χ0v) is 14.3. The van der Waals surface area contributed by atoms with E-state index < -0.39 is 13.0 Å². The Bertz CT molecular complexity index is 743. The molecule has 0 bridgehead atoms. The van der Waals surface area contributed by atoms with Gasteiger partial charge in [0.05, 0.1) is 12.2 Å². The first-order valence-electron chi connectivity index (χ1n) is 7.09. The van der Waals surface area contributed by atoms with E-state index in [2.05, 4.69) is 20.3 Å². The van der Waals surface area contributed by atoms with Crippen LogP contribution in [-0.4, -0.2) is 40.9 Å². The summed E-state index contributed by atoms with van der Waals surface area (Å²) in [7, 11) is 1.64. The molecule has 0 spiro atoms. The van der Waals surface area contributed by atoms with Crippen LogP contribution in [-0.2, 0) is 4.79 Å². The van der Waals surface area contributed by atoms with E-state index in [0.717, 1.165) is 5.57 Å². The van der Waals surface area contributed by atoms with Gasteiger partial charge in [-0.05, 0) is 13.8 Å². The Morgan fingerprint density at radius 1 is 1.38 bits per heavy atom. The second-order valence-corrected chi connectivity index (χ2v) is 6.03. The largest absolute Gasteiger partial charge is 0.364 e. The molecule has 2 rings (SSSR count). The van der Waals surface area contributed by atoms with Gasteiger partial charge in [-0.1, -0.05) is 5.57 Å². The van der Waals surface area contributed by atoms with Gasteiger partial charge in [0.2, 0.25) is 0 Å². The third kappa shape index (κ3) is 4.79. The predicted molar refractivity (Wildman–Crippen MR) is 90.5 cm³/mol. The molecule has 24 heavy (non-hydrogen) atoms. The van der Waals surface area contributed by atoms with Gasteiger partial charge in [0, 0.05) is 24.6 Å². The van der Waals surface area contributed by atoms with Gasteiger partial charge in [0.15, 0.2) is 5.13 Å². The average molecular weight is 353 g/mol. The molecule has 0 radical (unpaired) electrons. The fourth-order valence-electron chi connectivity index (χ4n) is 1.75. The molecule has 0 aliphatic rings. The van der Waals surface area contributed by atoms with Crippen molar-refractivity contribution in [1.29, 1.82) is 0 Å². The van der Waals surface area contributed by atoms with Crippen LogP contribution in [0.4, 0.5) is 19.7 Å². The molecule has 0 aromatic carbocycles. The van der Waals surface area contributed by atoms with Crippen molar-refractivity contribution >= 4 is 28.2 Å². The third-order valence-corrected chi connectivity index (χ3v) is 3.81. The fourth-order valence-corrected chi connectivity index (χ4v) is 2.54. The summed E-state index contributed by atoms with van der Waals surface area (Å²) in [6.45, 7) is 3.19. The number of amides is 1. The quantitative estimate of drug-likeness (QED) is 0.808. The van der Waals surface area contributed by atoms with Gasteiger partial charge in [-0.2, -0.15) is 0 Å². The second-order valence-electron chi connectivity index (χ2n) is 5.19. The number of carbonyl (C=O) groups excluding carboxylic acids is 1. The predicted octanol–water partition coefficient (Wildman–Crippen LogP) is 3.21. The number of thiazole rings is 1. The van der Waals surface area contributed by atoms with Crippen LogP contribution in [0.5, 0.6) is 0 Å². The Morgan fingerprint density at radius 3 is 2.79 bits per heavy atom. The number of hydrogen-bond donors (Lipinski definition) is 1. The molecule has 6 nitrogen and oxygen atoms in total. The number of rotatable bonds is 6. The molecule has 0 saturated heterocycles. The Hall–Kier alpha value is -2.42. The van der Waals surface area contributed by atoms with Crippen molar-refractivity contribution in [1.82, 2.24) is 15.0 Å². The van der Waals surface area contributed by atoms with Gasteiger partial charge in [-0.15, -0.1) is 11.3 Å². The number of anilines is 2. The highest BCUT2D eigenvalue weighted by atomic mass is 32.1. The summed E-state index contributed by atoms with van der Waals surface area (Å²) >= 11 is 1.30. The van der Waals surface area contributed by atoms with Crippen molar-refractivity contribution in [3.63, 3.8) is 0 Å². The molecule has 0 fully saturated rings. The summed E-state index contributed by atoms with van der Waals surface area (Å²) in [6.07, 6.45) is 0.335. The molecule has 128 valence electrons. The molecule has 1 amide bonds. The van der Waals surface area contributed by atoms with Crippen molar-refractivity contribution in [3.8, 4) is 11.4 Å². The molecule has 1 N–H and O–H groups in total. The highest BCUT2D eigenvalue weighted by Crippen LogP contribution is 2.26. The standard InChI is InChI=1S/C15H17F2N5OS/c1-9(2)4-14(23)22(3)15-21-11(7-24-15)10-5-13(20-8-19-10)18-6-12(16)17/h4-5,7-8,12H,6H2,1-3H3,(H,18,19,20). The average Bonchev–Trinajstić information content (AvgIpc) is 3.01. The monoisotopic (exact) mass is 353 g/mol. The minimum Gasteiger partial charge on any atom is -0.364 e. The van der Waals surface area contributed by atoms with Crippen LogP contribution in [0.3, 0.4) is 0 Å². The molecule has 2 aromatic heterocycles. The minimum absolute atomic E-state index is 0.169. The molecule has 2 heterocycles. The summed E-state index contributed by atoms with van der Waals surface area (Å²) in [5, 5.41) is 4.80. The molecule has 0 saturated carbocycles. The highest BCUT2D eigenvalue weighted by molar-refractivity contribution is 7.14. The maximum absolute atomic E-state index is 12.2. The molecule has 0 unspecified atom stereocenters. The van der Waals surface area contributed by atoms with E-state index in [9.17, 15) is 13.6 Å². The second kappa shape index (κ2) is 7.91. The van der Waals surface area contributed by atoms with E-state index in [1.54, 1.807) is 18.5 Å². The first-order chi connectivity index (χ1) is 11.4. The van der Waals surface area contributed by atoms with Gasteiger partial charge in [0.25, 0.3) is 12.3 Å². The van der Waals surface area contributed by atoms with Gasteiger partial charge in [-0.25, -0.2) is 23.7 Å².